The lowest BCUT2D eigenvalue weighted by molar-refractivity contribution is 0.0940. The molecule has 1 aromatic heterocycles. The van der Waals surface area contributed by atoms with Gasteiger partial charge in [-0.2, -0.15) is 0 Å². The Morgan fingerprint density at radius 2 is 1.85 bits per heavy atom. The van der Waals surface area contributed by atoms with Crippen molar-refractivity contribution in [2.75, 3.05) is 7.11 Å². The highest BCUT2D eigenvalue weighted by molar-refractivity contribution is 5.94. The van der Waals surface area contributed by atoms with Crippen LogP contribution in [0.5, 0.6) is 5.75 Å². The minimum Gasteiger partial charge on any atom is -0.497 e. The second kappa shape index (κ2) is 7.87. The van der Waals surface area contributed by atoms with Gasteiger partial charge in [-0.05, 0) is 49.2 Å². The predicted molar refractivity (Wildman–Crippen MR) is 101 cm³/mol. The minimum absolute atomic E-state index is 0.0818. The summed E-state index contributed by atoms with van der Waals surface area (Å²) in [7, 11) is 1.64. The SMILES string of the molecule is COc1ccc([C@@H](C)NC(=O)c2ccc(Cn3ccnc3C)cc2)cc1. The summed E-state index contributed by atoms with van der Waals surface area (Å²) < 4.78 is 7.23. The van der Waals surface area contributed by atoms with E-state index in [1.807, 2.05) is 68.6 Å². The molecular weight excluding hydrogens is 326 g/mol. The number of nitrogens with zero attached hydrogens (tertiary/aromatic N) is 2. The van der Waals surface area contributed by atoms with Gasteiger partial charge in [-0.25, -0.2) is 4.98 Å². The molecule has 0 aliphatic carbocycles. The quantitative estimate of drug-likeness (QED) is 0.737. The van der Waals surface area contributed by atoms with Gasteiger partial charge >= 0.3 is 0 Å². The van der Waals surface area contributed by atoms with Gasteiger partial charge in [-0.1, -0.05) is 24.3 Å². The topological polar surface area (TPSA) is 56.1 Å². The van der Waals surface area contributed by atoms with Crippen LogP contribution in [0, 0.1) is 6.92 Å². The van der Waals surface area contributed by atoms with Gasteiger partial charge in [0, 0.05) is 24.5 Å². The first-order valence-electron chi connectivity index (χ1n) is 8.58. The number of nitrogens with one attached hydrogen (secondary N) is 1. The number of ether oxygens (including phenoxy) is 1. The number of aryl methyl sites for hydroxylation is 1. The Kier molecular flexibility index (Phi) is 5.37. The van der Waals surface area contributed by atoms with E-state index in [0.29, 0.717) is 5.56 Å². The van der Waals surface area contributed by atoms with E-state index in [1.165, 1.54) is 0 Å². The fourth-order valence-corrected chi connectivity index (χ4v) is 2.78. The third-order valence-electron chi connectivity index (χ3n) is 4.46. The van der Waals surface area contributed by atoms with Gasteiger partial charge in [-0.15, -0.1) is 0 Å². The van der Waals surface area contributed by atoms with E-state index in [1.54, 1.807) is 13.3 Å². The van der Waals surface area contributed by atoms with Crippen LogP contribution in [0.15, 0.2) is 60.9 Å². The van der Waals surface area contributed by atoms with E-state index in [9.17, 15) is 4.79 Å². The molecule has 0 spiro atoms. The van der Waals surface area contributed by atoms with E-state index >= 15 is 0 Å². The molecule has 134 valence electrons. The summed E-state index contributed by atoms with van der Waals surface area (Å²) in [6.07, 6.45) is 3.74. The predicted octanol–water partition coefficient (Wildman–Crippen LogP) is 3.74. The molecule has 2 aromatic carbocycles. The monoisotopic (exact) mass is 349 g/mol. The first kappa shape index (κ1) is 17.7. The fraction of sp³-hybridized carbons (Fsp3) is 0.238. The molecule has 5 heteroatoms. The first-order chi connectivity index (χ1) is 12.6. The summed E-state index contributed by atoms with van der Waals surface area (Å²) >= 11 is 0. The summed E-state index contributed by atoms with van der Waals surface area (Å²) in [6.45, 7) is 4.69. The largest absolute Gasteiger partial charge is 0.497 e. The molecule has 0 saturated heterocycles. The van der Waals surface area contributed by atoms with Gasteiger partial charge in [0.05, 0.1) is 13.2 Å². The number of aromatic nitrogens is 2. The van der Waals surface area contributed by atoms with Crippen molar-refractivity contribution >= 4 is 5.91 Å². The fourth-order valence-electron chi connectivity index (χ4n) is 2.78. The molecule has 0 saturated carbocycles. The number of hydrogen-bond acceptors (Lipinski definition) is 3. The molecule has 0 fully saturated rings. The highest BCUT2D eigenvalue weighted by Crippen LogP contribution is 2.18. The zero-order valence-corrected chi connectivity index (χ0v) is 15.3. The van der Waals surface area contributed by atoms with Gasteiger partial charge in [-0.3, -0.25) is 4.79 Å². The second-order valence-corrected chi connectivity index (χ2v) is 6.27. The zero-order valence-electron chi connectivity index (χ0n) is 15.3. The maximum Gasteiger partial charge on any atom is 0.251 e. The lowest BCUT2D eigenvalue weighted by atomic mass is 10.1. The van der Waals surface area contributed by atoms with Crippen molar-refractivity contribution in [1.82, 2.24) is 14.9 Å². The molecule has 0 aliphatic rings. The van der Waals surface area contributed by atoms with Crippen LogP contribution < -0.4 is 10.1 Å². The third-order valence-corrected chi connectivity index (χ3v) is 4.46. The summed E-state index contributed by atoms with van der Waals surface area (Å²) in [5.41, 5.74) is 2.81. The second-order valence-electron chi connectivity index (χ2n) is 6.27. The molecular formula is C21H23N3O2. The number of benzene rings is 2. The minimum atomic E-state index is -0.0846. The Morgan fingerprint density at radius 1 is 1.15 bits per heavy atom. The number of carbonyl (C=O) groups excluding carboxylic acids is 1. The lowest BCUT2D eigenvalue weighted by Crippen LogP contribution is -2.26. The van der Waals surface area contributed by atoms with Crippen LogP contribution >= 0.6 is 0 Å². The van der Waals surface area contributed by atoms with Crippen molar-refractivity contribution < 1.29 is 9.53 Å². The number of amides is 1. The molecule has 3 rings (SSSR count). The van der Waals surface area contributed by atoms with Crippen LogP contribution in [-0.2, 0) is 6.54 Å². The highest BCUT2D eigenvalue weighted by atomic mass is 16.5. The third kappa shape index (κ3) is 4.11. The van der Waals surface area contributed by atoms with E-state index in [4.69, 9.17) is 4.74 Å². The molecule has 3 aromatic rings. The van der Waals surface area contributed by atoms with Gasteiger partial charge < -0.3 is 14.6 Å². The number of carbonyl (C=O) groups is 1. The van der Waals surface area contributed by atoms with E-state index in [-0.39, 0.29) is 11.9 Å². The molecule has 1 N–H and O–H groups in total. The van der Waals surface area contributed by atoms with E-state index < -0.39 is 0 Å². The van der Waals surface area contributed by atoms with Crippen LogP contribution in [0.2, 0.25) is 0 Å². The number of rotatable bonds is 6. The van der Waals surface area contributed by atoms with Crippen molar-refractivity contribution in [1.29, 1.82) is 0 Å². The Bertz CT molecular complexity index is 867. The summed E-state index contributed by atoms with van der Waals surface area (Å²) in [5.74, 6) is 1.69. The normalized spacial score (nSPS) is 11.8. The Hall–Kier alpha value is -3.08. The first-order valence-corrected chi connectivity index (χ1v) is 8.58. The average Bonchev–Trinajstić information content (AvgIpc) is 3.07. The smallest absolute Gasteiger partial charge is 0.251 e. The maximum absolute atomic E-state index is 12.5. The molecule has 0 unspecified atom stereocenters. The molecule has 0 bridgehead atoms. The molecule has 0 radical (unpaired) electrons. The van der Waals surface area contributed by atoms with Crippen molar-refractivity contribution in [3.05, 3.63) is 83.4 Å². The number of hydrogen-bond donors (Lipinski definition) is 1. The standard InChI is InChI=1S/C21H23N3O2/c1-15(18-8-10-20(26-3)11-9-18)23-21(25)19-6-4-17(5-7-19)14-24-13-12-22-16(24)2/h4-13,15H,14H2,1-3H3,(H,23,25)/t15-/m1/s1. The Morgan fingerprint density at radius 3 is 2.42 bits per heavy atom. The van der Waals surface area contributed by atoms with Crippen LogP contribution in [0.4, 0.5) is 0 Å². The van der Waals surface area contributed by atoms with Gasteiger partial charge in [0.25, 0.3) is 5.91 Å². The molecule has 1 heterocycles. The summed E-state index contributed by atoms with van der Waals surface area (Å²) in [4.78, 5) is 16.7. The van der Waals surface area contributed by atoms with Crippen molar-refractivity contribution in [3.8, 4) is 5.75 Å². The molecule has 0 aliphatic heterocycles. The van der Waals surface area contributed by atoms with Crippen molar-refractivity contribution in [3.63, 3.8) is 0 Å². The van der Waals surface area contributed by atoms with Crippen LogP contribution in [0.3, 0.4) is 0 Å². The summed E-state index contributed by atoms with van der Waals surface area (Å²) in [6, 6.07) is 15.3. The van der Waals surface area contributed by atoms with Crippen LogP contribution in [0.1, 0.15) is 40.3 Å². The lowest BCUT2D eigenvalue weighted by Gasteiger charge is -2.15. The molecule has 26 heavy (non-hydrogen) atoms. The zero-order chi connectivity index (χ0) is 18.5. The van der Waals surface area contributed by atoms with Gasteiger partial charge in [0.2, 0.25) is 0 Å². The highest BCUT2D eigenvalue weighted by Gasteiger charge is 2.11. The number of imidazole rings is 1. The summed E-state index contributed by atoms with van der Waals surface area (Å²) in [5, 5.41) is 3.03. The Labute approximate surface area is 153 Å². The molecule has 1 amide bonds. The average molecular weight is 349 g/mol. The Balaban J connectivity index is 1.63. The van der Waals surface area contributed by atoms with E-state index in [0.717, 1.165) is 29.2 Å². The molecule has 1 atom stereocenters. The number of methoxy groups -OCH3 is 1. The van der Waals surface area contributed by atoms with Crippen molar-refractivity contribution in [2.24, 2.45) is 0 Å². The van der Waals surface area contributed by atoms with Crippen LogP contribution in [-0.4, -0.2) is 22.6 Å². The van der Waals surface area contributed by atoms with Gasteiger partial charge in [0.15, 0.2) is 0 Å². The maximum atomic E-state index is 12.5. The molecule has 5 nitrogen and oxygen atoms in total. The van der Waals surface area contributed by atoms with Crippen LogP contribution in [0.25, 0.3) is 0 Å². The van der Waals surface area contributed by atoms with Gasteiger partial charge in [0.1, 0.15) is 11.6 Å². The van der Waals surface area contributed by atoms with Crippen molar-refractivity contribution in [2.45, 2.75) is 26.4 Å². The van der Waals surface area contributed by atoms with E-state index in [2.05, 4.69) is 14.9 Å².